The van der Waals surface area contributed by atoms with Crippen LogP contribution in [0.15, 0.2) is 42.5 Å². The lowest BCUT2D eigenvalue weighted by Gasteiger charge is -2.28. The summed E-state index contributed by atoms with van der Waals surface area (Å²) in [6.45, 7) is 3.91. The highest BCUT2D eigenvalue weighted by Gasteiger charge is 2.29. The van der Waals surface area contributed by atoms with Crippen molar-refractivity contribution in [2.75, 3.05) is 6.54 Å². The number of aromatic nitrogens is 1. The summed E-state index contributed by atoms with van der Waals surface area (Å²) in [7, 11) is 0. The maximum Gasteiger partial charge on any atom is 0.123 e. The molecule has 2 nitrogen and oxygen atoms in total. The van der Waals surface area contributed by atoms with Gasteiger partial charge in [-0.3, -0.25) is 0 Å². The molecule has 0 bridgehead atoms. The zero-order valence-electron chi connectivity index (χ0n) is 16.0. The molecule has 2 heterocycles. The van der Waals surface area contributed by atoms with Gasteiger partial charge in [0.2, 0.25) is 0 Å². The lowest BCUT2D eigenvalue weighted by atomic mass is 9.81. The van der Waals surface area contributed by atoms with Gasteiger partial charge in [-0.1, -0.05) is 37.5 Å². The minimum Gasteiger partial charge on any atom is -0.336 e. The van der Waals surface area contributed by atoms with Crippen molar-refractivity contribution < 1.29 is 4.39 Å². The predicted octanol–water partition coefficient (Wildman–Crippen LogP) is 6.16. The molecule has 5 rings (SSSR count). The fourth-order valence-corrected chi connectivity index (χ4v) is 5.27. The SMILES string of the molecule is CC1CNCc2cc(F)ccc2-c2c(C3CCCCC3)c3ccccc3n21. The molecule has 0 spiro atoms. The molecule has 27 heavy (non-hydrogen) atoms. The van der Waals surface area contributed by atoms with Gasteiger partial charge < -0.3 is 9.88 Å². The van der Waals surface area contributed by atoms with Crippen molar-refractivity contribution in [2.24, 2.45) is 0 Å². The fraction of sp³-hybridized carbons (Fsp3) is 0.417. The van der Waals surface area contributed by atoms with E-state index in [1.54, 1.807) is 12.1 Å². The third-order valence-corrected chi connectivity index (χ3v) is 6.48. The second-order valence-electron chi connectivity index (χ2n) is 8.27. The molecule has 1 unspecified atom stereocenters. The van der Waals surface area contributed by atoms with Crippen molar-refractivity contribution in [3.63, 3.8) is 0 Å². The third-order valence-electron chi connectivity index (χ3n) is 6.48. The van der Waals surface area contributed by atoms with Gasteiger partial charge in [-0.25, -0.2) is 4.39 Å². The minimum absolute atomic E-state index is 0.147. The summed E-state index contributed by atoms with van der Waals surface area (Å²) >= 11 is 0. The number of hydrogen-bond donors (Lipinski definition) is 1. The lowest BCUT2D eigenvalue weighted by Crippen LogP contribution is -2.26. The Kier molecular flexibility index (Phi) is 4.28. The molecule has 2 aromatic carbocycles. The number of rotatable bonds is 1. The van der Waals surface area contributed by atoms with Gasteiger partial charge in [0.1, 0.15) is 5.82 Å². The maximum atomic E-state index is 14.0. The summed E-state index contributed by atoms with van der Waals surface area (Å²) in [5, 5.41) is 4.92. The largest absolute Gasteiger partial charge is 0.336 e. The Morgan fingerprint density at radius 2 is 1.85 bits per heavy atom. The number of hydrogen-bond acceptors (Lipinski definition) is 1. The number of halogens is 1. The fourth-order valence-electron chi connectivity index (χ4n) is 5.27. The van der Waals surface area contributed by atoms with Gasteiger partial charge >= 0.3 is 0 Å². The zero-order chi connectivity index (χ0) is 18.4. The number of para-hydroxylation sites is 1. The van der Waals surface area contributed by atoms with Crippen LogP contribution in [0.5, 0.6) is 0 Å². The van der Waals surface area contributed by atoms with Crippen molar-refractivity contribution in [1.29, 1.82) is 0 Å². The Hall–Kier alpha value is -2.13. The van der Waals surface area contributed by atoms with E-state index in [0.29, 0.717) is 12.0 Å². The smallest absolute Gasteiger partial charge is 0.123 e. The Morgan fingerprint density at radius 3 is 2.70 bits per heavy atom. The summed E-state index contributed by atoms with van der Waals surface area (Å²) in [5.41, 5.74) is 6.44. The Morgan fingerprint density at radius 1 is 1.04 bits per heavy atom. The van der Waals surface area contributed by atoms with E-state index >= 15 is 0 Å². The Labute approximate surface area is 160 Å². The number of nitrogens with one attached hydrogen (secondary N) is 1. The molecular formula is C24H27FN2. The first-order chi connectivity index (χ1) is 13.2. The maximum absolute atomic E-state index is 14.0. The van der Waals surface area contributed by atoms with E-state index in [-0.39, 0.29) is 5.82 Å². The van der Waals surface area contributed by atoms with Crippen molar-refractivity contribution in [2.45, 2.75) is 57.5 Å². The van der Waals surface area contributed by atoms with E-state index in [1.807, 2.05) is 6.07 Å². The first-order valence-electron chi connectivity index (χ1n) is 10.4. The highest BCUT2D eigenvalue weighted by atomic mass is 19.1. The highest BCUT2D eigenvalue weighted by Crippen LogP contribution is 2.46. The third kappa shape index (κ3) is 2.80. The molecule has 1 fully saturated rings. The van der Waals surface area contributed by atoms with E-state index < -0.39 is 0 Å². The molecule has 1 aromatic heterocycles. The van der Waals surface area contributed by atoms with Gasteiger partial charge in [0.15, 0.2) is 0 Å². The van der Waals surface area contributed by atoms with Crippen LogP contribution in [0.25, 0.3) is 22.2 Å². The van der Waals surface area contributed by atoms with E-state index in [9.17, 15) is 4.39 Å². The molecule has 1 aliphatic heterocycles. The van der Waals surface area contributed by atoms with E-state index in [0.717, 1.165) is 18.7 Å². The van der Waals surface area contributed by atoms with Crippen LogP contribution in [-0.4, -0.2) is 11.1 Å². The zero-order valence-corrected chi connectivity index (χ0v) is 16.0. The van der Waals surface area contributed by atoms with Crippen LogP contribution in [0.3, 0.4) is 0 Å². The monoisotopic (exact) mass is 362 g/mol. The van der Waals surface area contributed by atoms with Gasteiger partial charge in [-0.2, -0.15) is 0 Å². The second-order valence-corrected chi connectivity index (χ2v) is 8.27. The van der Waals surface area contributed by atoms with Gasteiger partial charge in [0, 0.05) is 35.6 Å². The van der Waals surface area contributed by atoms with Crippen molar-refractivity contribution in [3.05, 3.63) is 59.4 Å². The van der Waals surface area contributed by atoms with Crippen LogP contribution in [0.1, 0.15) is 62.1 Å². The predicted molar refractivity (Wildman–Crippen MR) is 110 cm³/mol. The summed E-state index contributed by atoms with van der Waals surface area (Å²) in [6.07, 6.45) is 6.52. The van der Waals surface area contributed by atoms with Crippen molar-refractivity contribution in [1.82, 2.24) is 9.88 Å². The summed E-state index contributed by atoms with van der Waals surface area (Å²) < 4.78 is 16.5. The van der Waals surface area contributed by atoms with Gasteiger partial charge in [0.25, 0.3) is 0 Å². The van der Waals surface area contributed by atoms with Crippen LogP contribution in [0, 0.1) is 5.82 Å². The first kappa shape index (κ1) is 17.0. The second kappa shape index (κ2) is 6.79. The van der Waals surface area contributed by atoms with E-state index in [1.165, 1.54) is 59.8 Å². The molecule has 0 amide bonds. The quantitative estimate of drug-likeness (QED) is 0.548. The topological polar surface area (TPSA) is 17.0 Å². The van der Waals surface area contributed by atoms with Crippen LogP contribution in [0.4, 0.5) is 4.39 Å². The summed E-state index contributed by atoms with van der Waals surface area (Å²) in [6, 6.07) is 14.6. The molecule has 0 radical (unpaired) electrons. The van der Waals surface area contributed by atoms with Gasteiger partial charge in [-0.15, -0.1) is 0 Å². The van der Waals surface area contributed by atoms with Crippen LogP contribution in [-0.2, 0) is 6.54 Å². The average Bonchev–Trinajstić information content (AvgIpc) is 3.02. The number of fused-ring (bicyclic) bond motifs is 5. The summed E-state index contributed by atoms with van der Waals surface area (Å²) in [4.78, 5) is 0. The van der Waals surface area contributed by atoms with Crippen LogP contribution in [0.2, 0.25) is 0 Å². The molecule has 2 aliphatic rings. The molecule has 1 saturated carbocycles. The number of benzene rings is 2. The van der Waals surface area contributed by atoms with Crippen LogP contribution >= 0.6 is 0 Å². The lowest BCUT2D eigenvalue weighted by molar-refractivity contribution is 0.443. The van der Waals surface area contributed by atoms with Crippen LogP contribution < -0.4 is 5.32 Å². The van der Waals surface area contributed by atoms with Crippen molar-refractivity contribution >= 4 is 10.9 Å². The molecule has 1 atom stereocenters. The first-order valence-corrected chi connectivity index (χ1v) is 10.4. The van der Waals surface area contributed by atoms with Gasteiger partial charge in [-0.05, 0) is 61.1 Å². The molecule has 140 valence electrons. The molecule has 3 aromatic rings. The minimum atomic E-state index is -0.147. The average molecular weight is 362 g/mol. The molecule has 3 heteroatoms. The molecule has 1 N–H and O–H groups in total. The Balaban J connectivity index is 1.86. The standard InChI is InChI=1S/C24H27FN2/c1-16-14-26-15-18-13-19(25)11-12-20(18)24-23(17-7-3-2-4-8-17)21-9-5-6-10-22(21)27(16)24/h5-6,9-13,16-17,26H,2-4,7-8,14-15H2,1H3. The van der Waals surface area contributed by atoms with E-state index in [2.05, 4.69) is 41.1 Å². The highest BCUT2D eigenvalue weighted by molar-refractivity contribution is 5.93. The van der Waals surface area contributed by atoms with Crippen molar-refractivity contribution in [3.8, 4) is 11.3 Å². The molecule has 0 saturated heterocycles. The molecule has 1 aliphatic carbocycles. The Bertz CT molecular complexity index is 981. The van der Waals surface area contributed by atoms with Gasteiger partial charge in [0.05, 0.1) is 5.69 Å². The number of nitrogens with zero attached hydrogens (tertiary/aromatic N) is 1. The van der Waals surface area contributed by atoms with E-state index in [4.69, 9.17) is 0 Å². The summed E-state index contributed by atoms with van der Waals surface area (Å²) in [5.74, 6) is 0.462. The molecular weight excluding hydrogens is 335 g/mol. The normalized spacial score (nSPS) is 20.7.